The van der Waals surface area contributed by atoms with Crippen LogP contribution in [0.2, 0.25) is 5.02 Å². The van der Waals surface area contributed by atoms with E-state index in [1.807, 2.05) is 6.92 Å². The first-order chi connectivity index (χ1) is 10.4. The van der Waals surface area contributed by atoms with Gasteiger partial charge in [-0.25, -0.2) is 8.42 Å². The zero-order valence-electron chi connectivity index (χ0n) is 12.3. The van der Waals surface area contributed by atoms with E-state index in [0.29, 0.717) is 30.3 Å². The number of hydrogen-bond donors (Lipinski definition) is 1. The van der Waals surface area contributed by atoms with Crippen LogP contribution in [0, 0.1) is 0 Å². The molecule has 1 aromatic rings. The van der Waals surface area contributed by atoms with Crippen molar-refractivity contribution < 1.29 is 17.9 Å². The smallest absolute Gasteiger partial charge is 0.251 e. The molecule has 1 amide bonds. The monoisotopic (exact) mass is 346 g/mol. The molecular formula is C14H19ClN2O4S. The van der Waals surface area contributed by atoms with E-state index in [0.717, 1.165) is 0 Å². The molecule has 6 nitrogen and oxygen atoms in total. The number of nitrogens with zero attached hydrogens (tertiary/aromatic N) is 1. The van der Waals surface area contributed by atoms with E-state index < -0.39 is 10.0 Å². The highest BCUT2D eigenvalue weighted by atomic mass is 35.5. The molecular weight excluding hydrogens is 328 g/mol. The third-order valence-corrected chi connectivity index (χ3v) is 5.40. The SMILES string of the molecule is CC1CN(S(=O)(=O)CCNC(=O)c2cccc(Cl)c2)CCO1. The highest BCUT2D eigenvalue weighted by Gasteiger charge is 2.27. The molecule has 2 rings (SSSR count). The average molecular weight is 347 g/mol. The summed E-state index contributed by atoms with van der Waals surface area (Å²) in [4.78, 5) is 11.9. The topological polar surface area (TPSA) is 75.7 Å². The Bertz CT molecular complexity index is 635. The molecule has 122 valence electrons. The number of ether oxygens (including phenoxy) is 1. The molecule has 1 saturated heterocycles. The Balaban J connectivity index is 1.86. The van der Waals surface area contributed by atoms with E-state index in [9.17, 15) is 13.2 Å². The Hall–Kier alpha value is -1.15. The van der Waals surface area contributed by atoms with Gasteiger partial charge in [0, 0.05) is 30.2 Å². The Morgan fingerprint density at radius 3 is 2.95 bits per heavy atom. The van der Waals surface area contributed by atoms with Crippen LogP contribution in [-0.4, -0.2) is 56.7 Å². The fourth-order valence-corrected chi connectivity index (χ4v) is 3.79. The lowest BCUT2D eigenvalue weighted by Crippen LogP contribution is -2.46. The van der Waals surface area contributed by atoms with Crippen LogP contribution in [0.5, 0.6) is 0 Å². The van der Waals surface area contributed by atoms with Crippen LogP contribution < -0.4 is 5.32 Å². The first kappa shape index (κ1) is 17.2. The number of hydrogen-bond acceptors (Lipinski definition) is 4. The van der Waals surface area contributed by atoms with Gasteiger partial charge in [0.05, 0.1) is 18.5 Å². The Morgan fingerprint density at radius 1 is 1.50 bits per heavy atom. The number of halogens is 1. The zero-order chi connectivity index (χ0) is 16.2. The minimum Gasteiger partial charge on any atom is -0.376 e. The van der Waals surface area contributed by atoms with Crippen LogP contribution in [0.15, 0.2) is 24.3 Å². The second kappa shape index (κ2) is 7.41. The number of carbonyl (C=O) groups is 1. The molecule has 1 N–H and O–H groups in total. The largest absolute Gasteiger partial charge is 0.376 e. The number of morpholine rings is 1. The van der Waals surface area contributed by atoms with Crippen molar-refractivity contribution in [3.8, 4) is 0 Å². The lowest BCUT2D eigenvalue weighted by Gasteiger charge is -2.30. The lowest BCUT2D eigenvalue weighted by atomic mass is 10.2. The molecule has 0 saturated carbocycles. The molecule has 1 fully saturated rings. The first-order valence-corrected chi connectivity index (χ1v) is 9.00. The summed E-state index contributed by atoms with van der Waals surface area (Å²) in [7, 11) is -3.39. The Morgan fingerprint density at radius 2 is 2.27 bits per heavy atom. The van der Waals surface area contributed by atoms with Crippen LogP contribution in [-0.2, 0) is 14.8 Å². The number of rotatable bonds is 5. The van der Waals surface area contributed by atoms with Crippen LogP contribution in [0.3, 0.4) is 0 Å². The average Bonchev–Trinajstić information content (AvgIpc) is 2.47. The van der Waals surface area contributed by atoms with E-state index in [4.69, 9.17) is 16.3 Å². The molecule has 1 aliphatic heterocycles. The Kier molecular flexibility index (Phi) is 5.80. The first-order valence-electron chi connectivity index (χ1n) is 7.02. The van der Waals surface area contributed by atoms with Gasteiger partial charge in [-0.2, -0.15) is 4.31 Å². The van der Waals surface area contributed by atoms with Crippen LogP contribution in [0.25, 0.3) is 0 Å². The predicted octanol–water partition coefficient (Wildman–Crippen LogP) is 1.12. The van der Waals surface area contributed by atoms with Crippen molar-refractivity contribution in [2.75, 3.05) is 32.0 Å². The zero-order valence-corrected chi connectivity index (χ0v) is 13.9. The molecule has 0 aliphatic carbocycles. The summed E-state index contributed by atoms with van der Waals surface area (Å²) in [5, 5.41) is 3.06. The van der Waals surface area contributed by atoms with Gasteiger partial charge in [-0.05, 0) is 25.1 Å². The van der Waals surface area contributed by atoms with E-state index >= 15 is 0 Å². The maximum atomic E-state index is 12.2. The number of benzene rings is 1. The van der Waals surface area contributed by atoms with E-state index in [-0.39, 0.29) is 24.3 Å². The van der Waals surface area contributed by atoms with Gasteiger partial charge in [-0.1, -0.05) is 17.7 Å². The molecule has 1 aromatic carbocycles. The van der Waals surface area contributed by atoms with Crippen molar-refractivity contribution in [2.45, 2.75) is 13.0 Å². The van der Waals surface area contributed by atoms with Crippen LogP contribution in [0.1, 0.15) is 17.3 Å². The van der Waals surface area contributed by atoms with Crippen molar-refractivity contribution in [1.82, 2.24) is 9.62 Å². The molecule has 1 atom stereocenters. The van der Waals surface area contributed by atoms with Gasteiger partial charge in [0.25, 0.3) is 5.91 Å². The van der Waals surface area contributed by atoms with Gasteiger partial charge in [0.15, 0.2) is 0 Å². The van der Waals surface area contributed by atoms with Crippen molar-refractivity contribution >= 4 is 27.5 Å². The fraction of sp³-hybridized carbons (Fsp3) is 0.500. The third-order valence-electron chi connectivity index (χ3n) is 3.33. The highest BCUT2D eigenvalue weighted by molar-refractivity contribution is 7.89. The van der Waals surface area contributed by atoms with Gasteiger partial charge in [0.1, 0.15) is 0 Å². The maximum absolute atomic E-state index is 12.2. The summed E-state index contributed by atoms with van der Waals surface area (Å²) in [6.07, 6.45) is -0.107. The second-order valence-electron chi connectivity index (χ2n) is 5.12. The normalized spacial score (nSPS) is 19.8. The molecule has 1 unspecified atom stereocenters. The van der Waals surface area contributed by atoms with Gasteiger partial charge in [-0.15, -0.1) is 0 Å². The molecule has 0 radical (unpaired) electrons. The van der Waals surface area contributed by atoms with Crippen molar-refractivity contribution in [3.05, 3.63) is 34.9 Å². The number of nitrogens with one attached hydrogen (secondary N) is 1. The maximum Gasteiger partial charge on any atom is 0.251 e. The van der Waals surface area contributed by atoms with E-state index in [2.05, 4.69) is 5.32 Å². The van der Waals surface area contributed by atoms with Crippen molar-refractivity contribution in [2.24, 2.45) is 0 Å². The minimum absolute atomic E-state index is 0.0550. The second-order valence-corrected chi connectivity index (χ2v) is 7.65. The lowest BCUT2D eigenvalue weighted by molar-refractivity contribution is 0.0102. The number of amides is 1. The van der Waals surface area contributed by atoms with Gasteiger partial charge in [-0.3, -0.25) is 4.79 Å². The summed E-state index contributed by atoms with van der Waals surface area (Å²) in [6, 6.07) is 6.50. The van der Waals surface area contributed by atoms with Gasteiger partial charge in [0.2, 0.25) is 10.0 Å². The summed E-state index contributed by atoms with van der Waals surface area (Å²) >= 11 is 5.82. The molecule has 1 heterocycles. The third kappa shape index (κ3) is 4.67. The summed E-state index contributed by atoms with van der Waals surface area (Å²) in [6.45, 7) is 3.00. The van der Waals surface area contributed by atoms with Crippen LogP contribution >= 0.6 is 11.6 Å². The molecule has 0 aromatic heterocycles. The van der Waals surface area contributed by atoms with Gasteiger partial charge < -0.3 is 10.1 Å². The summed E-state index contributed by atoms with van der Waals surface area (Å²) in [5.41, 5.74) is 0.407. The fourth-order valence-electron chi connectivity index (χ4n) is 2.19. The van der Waals surface area contributed by atoms with Crippen LogP contribution in [0.4, 0.5) is 0 Å². The summed E-state index contributed by atoms with van der Waals surface area (Å²) < 4.78 is 31.1. The molecule has 0 spiro atoms. The molecule has 0 bridgehead atoms. The van der Waals surface area contributed by atoms with E-state index in [1.165, 1.54) is 10.4 Å². The Labute approximate surface area is 135 Å². The number of carbonyl (C=O) groups excluding carboxylic acids is 1. The standard InChI is InChI=1S/C14H19ClN2O4S/c1-11-10-17(6-7-21-11)22(19,20)8-5-16-14(18)12-3-2-4-13(15)9-12/h2-4,9,11H,5-8,10H2,1H3,(H,16,18). The van der Waals surface area contributed by atoms with Crippen molar-refractivity contribution in [3.63, 3.8) is 0 Å². The highest BCUT2D eigenvalue weighted by Crippen LogP contribution is 2.11. The molecule has 22 heavy (non-hydrogen) atoms. The molecule has 8 heteroatoms. The van der Waals surface area contributed by atoms with Crippen molar-refractivity contribution in [1.29, 1.82) is 0 Å². The quantitative estimate of drug-likeness (QED) is 0.867. The molecule has 1 aliphatic rings. The van der Waals surface area contributed by atoms with Gasteiger partial charge >= 0.3 is 0 Å². The number of sulfonamides is 1. The predicted molar refractivity (Wildman–Crippen MR) is 84.6 cm³/mol. The summed E-state index contributed by atoms with van der Waals surface area (Å²) in [5.74, 6) is -0.473. The minimum atomic E-state index is -3.39. The van der Waals surface area contributed by atoms with E-state index in [1.54, 1.807) is 18.2 Å².